The zero-order valence-corrected chi connectivity index (χ0v) is 13.8. The van der Waals surface area contributed by atoms with Crippen LogP contribution in [0.5, 0.6) is 5.75 Å². The van der Waals surface area contributed by atoms with Gasteiger partial charge >= 0.3 is 5.82 Å². The summed E-state index contributed by atoms with van der Waals surface area (Å²) in [4.78, 5) is 23.4. The Balaban J connectivity index is 2.41. The predicted molar refractivity (Wildman–Crippen MR) is 85.1 cm³/mol. The Kier molecular flexibility index (Phi) is 5.30. The Hall–Kier alpha value is -2.74. The van der Waals surface area contributed by atoms with Gasteiger partial charge in [-0.3, -0.25) is 4.79 Å². The van der Waals surface area contributed by atoms with Crippen LogP contribution in [0.1, 0.15) is 29.1 Å². The molecular formula is C16H20N3O5+. The molecule has 0 saturated heterocycles. The first kappa shape index (κ1) is 17.6. The van der Waals surface area contributed by atoms with Gasteiger partial charge in [0, 0.05) is 12.5 Å². The number of hydrogen-bond acceptors (Lipinski definition) is 5. The number of imidazole rings is 1. The van der Waals surface area contributed by atoms with E-state index >= 15 is 0 Å². The molecule has 128 valence electrons. The first-order valence-corrected chi connectivity index (χ1v) is 7.45. The van der Waals surface area contributed by atoms with Gasteiger partial charge in [-0.15, -0.1) is 0 Å². The first-order chi connectivity index (χ1) is 11.4. The molecule has 0 aliphatic rings. The molecule has 1 heterocycles. The van der Waals surface area contributed by atoms with Gasteiger partial charge in [0.25, 0.3) is 5.82 Å². The molecule has 2 aromatic rings. The zero-order valence-electron chi connectivity index (χ0n) is 13.8. The van der Waals surface area contributed by atoms with Crippen molar-refractivity contribution in [3.05, 3.63) is 52.0 Å². The number of aromatic nitrogens is 2. The van der Waals surface area contributed by atoms with Crippen molar-refractivity contribution in [3.8, 4) is 5.75 Å². The number of carbonyl (C=O) groups excluding carboxylic acids is 1. The summed E-state index contributed by atoms with van der Waals surface area (Å²) in [6, 6.07) is 6.14. The number of nitro groups is 1. The standard InChI is InChI=1S/C16H20N3O5/c1-11(16(21)13-5-4-6-14(9-13)24-3)18-10-15(19(22)23)17(7-8-20)12(18)2/h4-6,9-11,20H,7-8H2,1-3H3/q+1/t11-/m0/s1. The molecule has 8 heteroatoms. The minimum Gasteiger partial charge on any atom is -0.497 e. The molecule has 1 aromatic heterocycles. The van der Waals surface area contributed by atoms with Gasteiger partial charge in [-0.25, -0.2) is 4.57 Å². The number of Topliss-reactive ketones (excluding diaryl/α,β-unsaturated/α-hetero) is 1. The highest BCUT2D eigenvalue weighted by Crippen LogP contribution is 2.19. The lowest BCUT2D eigenvalue weighted by molar-refractivity contribution is -0.711. The highest BCUT2D eigenvalue weighted by molar-refractivity contribution is 5.98. The lowest BCUT2D eigenvalue weighted by Gasteiger charge is -2.10. The van der Waals surface area contributed by atoms with Crippen molar-refractivity contribution in [1.29, 1.82) is 0 Å². The Morgan fingerprint density at radius 2 is 2.21 bits per heavy atom. The highest BCUT2D eigenvalue weighted by Gasteiger charge is 2.30. The van der Waals surface area contributed by atoms with Gasteiger partial charge in [0.15, 0.2) is 12.2 Å². The van der Waals surface area contributed by atoms with Crippen LogP contribution in [0.3, 0.4) is 0 Å². The van der Waals surface area contributed by atoms with E-state index in [1.54, 1.807) is 42.7 Å². The van der Waals surface area contributed by atoms with Gasteiger partial charge in [-0.05, 0) is 24.0 Å². The monoisotopic (exact) mass is 334 g/mol. The van der Waals surface area contributed by atoms with E-state index < -0.39 is 11.0 Å². The van der Waals surface area contributed by atoms with E-state index in [4.69, 9.17) is 9.84 Å². The number of methoxy groups -OCH3 is 1. The number of aliphatic hydroxyl groups excluding tert-OH is 1. The summed E-state index contributed by atoms with van der Waals surface area (Å²) in [6.07, 6.45) is 1.33. The SMILES string of the molecule is COc1cccc(C(=O)[C@H](C)[n+]2cc([N+](=O)[O-])n(CCO)c2C)c1. The lowest BCUT2D eigenvalue weighted by atomic mass is 10.0. The molecule has 8 nitrogen and oxygen atoms in total. The van der Waals surface area contributed by atoms with Gasteiger partial charge < -0.3 is 20.0 Å². The number of rotatable bonds is 7. The second-order valence-corrected chi connectivity index (χ2v) is 5.35. The third kappa shape index (κ3) is 3.28. The molecule has 1 atom stereocenters. The molecule has 0 bridgehead atoms. The fourth-order valence-electron chi connectivity index (χ4n) is 2.65. The lowest BCUT2D eigenvalue weighted by Crippen LogP contribution is -2.43. The van der Waals surface area contributed by atoms with Crippen molar-refractivity contribution in [2.45, 2.75) is 26.4 Å². The summed E-state index contributed by atoms with van der Waals surface area (Å²) < 4.78 is 8.06. The van der Waals surface area contributed by atoms with Crippen molar-refractivity contribution < 1.29 is 24.1 Å². The minimum absolute atomic E-state index is 0.0925. The minimum atomic E-state index is -0.629. The Morgan fingerprint density at radius 3 is 2.79 bits per heavy atom. The van der Waals surface area contributed by atoms with Crippen molar-refractivity contribution >= 4 is 11.6 Å². The molecule has 0 aliphatic carbocycles. The normalized spacial score (nSPS) is 12.0. The van der Waals surface area contributed by atoms with Crippen LogP contribution < -0.4 is 9.30 Å². The van der Waals surface area contributed by atoms with Crippen molar-refractivity contribution in [2.75, 3.05) is 13.7 Å². The largest absolute Gasteiger partial charge is 0.497 e. The number of nitrogens with zero attached hydrogens (tertiary/aromatic N) is 3. The van der Waals surface area contributed by atoms with Crippen LogP contribution in [0.15, 0.2) is 30.5 Å². The Morgan fingerprint density at radius 1 is 1.50 bits per heavy atom. The summed E-state index contributed by atoms with van der Waals surface area (Å²) >= 11 is 0. The molecule has 0 aliphatic heterocycles. The molecule has 0 radical (unpaired) electrons. The second-order valence-electron chi connectivity index (χ2n) is 5.35. The molecule has 0 saturated carbocycles. The summed E-state index contributed by atoms with van der Waals surface area (Å²) in [5.41, 5.74) is 0.464. The summed E-state index contributed by atoms with van der Waals surface area (Å²) in [5, 5.41) is 20.3. The Bertz CT molecular complexity index is 769. The van der Waals surface area contributed by atoms with Gasteiger partial charge in [-0.2, -0.15) is 4.57 Å². The van der Waals surface area contributed by atoms with Crippen LogP contribution in [-0.4, -0.2) is 34.1 Å². The fraction of sp³-hybridized carbons (Fsp3) is 0.375. The molecule has 1 aromatic carbocycles. The van der Waals surface area contributed by atoms with Crippen molar-refractivity contribution in [1.82, 2.24) is 4.57 Å². The predicted octanol–water partition coefficient (Wildman–Crippen LogP) is 1.44. The molecule has 0 fully saturated rings. The first-order valence-electron chi connectivity index (χ1n) is 7.45. The fourth-order valence-corrected chi connectivity index (χ4v) is 2.65. The zero-order chi connectivity index (χ0) is 17.9. The number of carbonyl (C=O) groups is 1. The quantitative estimate of drug-likeness (QED) is 0.357. The van der Waals surface area contributed by atoms with Gasteiger partial charge in [0.1, 0.15) is 12.3 Å². The maximum Gasteiger partial charge on any atom is 0.365 e. The molecule has 24 heavy (non-hydrogen) atoms. The third-order valence-corrected chi connectivity index (χ3v) is 3.96. The summed E-state index contributed by atoms with van der Waals surface area (Å²) in [5.74, 6) is 0.753. The number of ketones is 1. The van der Waals surface area contributed by atoms with Crippen LogP contribution >= 0.6 is 0 Å². The molecule has 2 rings (SSSR count). The summed E-state index contributed by atoms with van der Waals surface area (Å²) in [7, 11) is 1.52. The van der Waals surface area contributed by atoms with Crippen LogP contribution in [-0.2, 0) is 6.54 Å². The maximum atomic E-state index is 12.7. The average molecular weight is 334 g/mol. The number of aliphatic hydroxyl groups is 1. The van der Waals surface area contributed by atoms with Crippen LogP contribution in [0.2, 0.25) is 0 Å². The van der Waals surface area contributed by atoms with E-state index in [1.165, 1.54) is 17.9 Å². The van der Waals surface area contributed by atoms with E-state index in [0.29, 0.717) is 17.1 Å². The third-order valence-electron chi connectivity index (χ3n) is 3.96. The van der Waals surface area contributed by atoms with Crippen molar-refractivity contribution in [3.63, 3.8) is 0 Å². The van der Waals surface area contributed by atoms with Gasteiger partial charge in [0.05, 0.1) is 13.7 Å². The van der Waals surface area contributed by atoms with E-state index in [-0.39, 0.29) is 24.8 Å². The smallest absolute Gasteiger partial charge is 0.365 e. The second kappa shape index (κ2) is 7.22. The van der Waals surface area contributed by atoms with E-state index in [1.807, 2.05) is 0 Å². The number of hydrogen-bond donors (Lipinski definition) is 1. The van der Waals surface area contributed by atoms with Crippen LogP contribution in [0, 0.1) is 17.0 Å². The van der Waals surface area contributed by atoms with E-state index in [2.05, 4.69) is 0 Å². The molecule has 0 amide bonds. The van der Waals surface area contributed by atoms with Crippen LogP contribution in [0.25, 0.3) is 0 Å². The topological polar surface area (TPSA) is 98.5 Å². The maximum absolute atomic E-state index is 12.7. The number of ether oxygens (including phenoxy) is 1. The van der Waals surface area contributed by atoms with Gasteiger partial charge in [0.2, 0.25) is 5.78 Å². The van der Waals surface area contributed by atoms with Crippen LogP contribution in [0.4, 0.5) is 5.82 Å². The molecule has 1 N–H and O–H groups in total. The number of benzene rings is 1. The van der Waals surface area contributed by atoms with E-state index in [0.717, 1.165) is 0 Å². The van der Waals surface area contributed by atoms with Gasteiger partial charge in [-0.1, -0.05) is 12.1 Å². The molecule has 0 spiro atoms. The summed E-state index contributed by atoms with van der Waals surface area (Å²) in [6.45, 7) is 3.23. The van der Waals surface area contributed by atoms with Crippen molar-refractivity contribution in [2.24, 2.45) is 0 Å². The van der Waals surface area contributed by atoms with E-state index in [9.17, 15) is 14.9 Å². The highest BCUT2D eigenvalue weighted by atomic mass is 16.6. The molecule has 0 unspecified atom stereocenters. The average Bonchev–Trinajstić information content (AvgIpc) is 2.91. The molecular weight excluding hydrogens is 314 g/mol. The Labute approximate surface area is 139 Å².